The summed E-state index contributed by atoms with van der Waals surface area (Å²) in [6, 6.07) is 0. The first-order valence-electron chi connectivity index (χ1n) is 14.1. The molecule has 0 N–H and O–H groups in total. The highest BCUT2D eigenvalue weighted by atomic mass is 28.3. The lowest BCUT2D eigenvalue weighted by molar-refractivity contribution is -0.151. The van der Waals surface area contributed by atoms with E-state index in [0.29, 0.717) is 33.2 Å². The highest BCUT2D eigenvalue weighted by Crippen LogP contribution is 2.48. The highest BCUT2D eigenvalue weighted by Gasteiger charge is 2.62. The summed E-state index contributed by atoms with van der Waals surface area (Å²) in [5, 5.41) is 0. The molecule has 0 radical (unpaired) electrons. The Bertz CT molecular complexity index is 902. The molecule has 0 aromatic heterocycles. The first-order valence-corrected chi connectivity index (χ1v) is 18.6. The zero-order valence-electron chi connectivity index (χ0n) is 26.3. The van der Waals surface area contributed by atoms with Gasteiger partial charge >= 0.3 is 0 Å². The molecule has 0 aromatic carbocycles. The van der Waals surface area contributed by atoms with E-state index in [4.69, 9.17) is 9.47 Å². The van der Waals surface area contributed by atoms with E-state index < -0.39 is 33.1 Å². The summed E-state index contributed by atoms with van der Waals surface area (Å²) in [5.74, 6) is 6.40. The minimum Gasteiger partial charge on any atom is -0.323 e. The molecular formula is C33H54O2Si2. The van der Waals surface area contributed by atoms with E-state index in [0.717, 1.165) is 0 Å². The van der Waals surface area contributed by atoms with Crippen LogP contribution in [0.2, 0.25) is 33.2 Å². The van der Waals surface area contributed by atoms with Gasteiger partial charge in [-0.15, -0.1) is 22.5 Å². The van der Waals surface area contributed by atoms with Crippen LogP contribution in [0.1, 0.15) is 96.9 Å². The molecule has 2 atom stereocenters. The van der Waals surface area contributed by atoms with Crippen molar-refractivity contribution in [1.29, 1.82) is 0 Å². The Morgan fingerprint density at radius 3 is 0.973 bits per heavy atom. The Morgan fingerprint density at radius 2 is 0.784 bits per heavy atom. The molecule has 37 heavy (non-hydrogen) atoms. The summed E-state index contributed by atoms with van der Waals surface area (Å²) in [6.07, 6.45) is 3.64. The van der Waals surface area contributed by atoms with Gasteiger partial charge in [-0.1, -0.05) is 108 Å². The van der Waals surface area contributed by atoms with E-state index in [2.05, 4.69) is 131 Å². The molecule has 0 spiro atoms. The summed E-state index contributed by atoms with van der Waals surface area (Å²) in [7, 11) is -4.14. The molecule has 206 valence electrons. The van der Waals surface area contributed by atoms with E-state index in [1.165, 1.54) is 0 Å². The fourth-order valence-electron chi connectivity index (χ4n) is 7.09. The van der Waals surface area contributed by atoms with Crippen molar-refractivity contribution in [1.82, 2.24) is 0 Å². The molecule has 0 unspecified atom stereocenters. The Kier molecular flexibility index (Phi) is 11.0. The third-order valence-electron chi connectivity index (χ3n) is 8.64. The normalized spacial score (nSPS) is 23.6. The van der Waals surface area contributed by atoms with Crippen molar-refractivity contribution in [3.63, 3.8) is 0 Å². The molecule has 0 saturated carbocycles. The van der Waals surface area contributed by atoms with Crippen LogP contribution in [0.25, 0.3) is 0 Å². The van der Waals surface area contributed by atoms with Crippen molar-refractivity contribution in [2.24, 2.45) is 0 Å². The third kappa shape index (κ3) is 6.07. The summed E-state index contributed by atoms with van der Waals surface area (Å²) in [5.41, 5.74) is 14.3. The van der Waals surface area contributed by atoms with Crippen LogP contribution >= 0.6 is 0 Å². The van der Waals surface area contributed by atoms with E-state index >= 15 is 0 Å². The van der Waals surface area contributed by atoms with E-state index in [1.54, 1.807) is 0 Å². The molecule has 1 saturated heterocycles. The molecule has 1 aliphatic rings. The van der Waals surface area contributed by atoms with Crippen LogP contribution in [-0.4, -0.2) is 33.1 Å². The van der Waals surface area contributed by atoms with Gasteiger partial charge < -0.3 is 9.47 Å². The van der Waals surface area contributed by atoms with Gasteiger partial charge in [-0.25, -0.2) is 0 Å². The molecule has 0 bridgehead atoms. The summed E-state index contributed by atoms with van der Waals surface area (Å²) in [6.45, 7) is 39.5. The Balaban J connectivity index is 4.24. The second-order valence-electron chi connectivity index (χ2n) is 13.1. The SMILES string of the molecule is C=C=C[C@@]1(C#C[Si](C(C)C)(C(C)C)C(C)C)OC(C)(C)O[C@]1(C#C[Si](C(C)C)(C(C)C)C(C)C)C=C=C. The number of hydrogen-bond acceptors (Lipinski definition) is 2. The van der Waals surface area contributed by atoms with Gasteiger partial charge in [0.15, 0.2) is 5.79 Å². The highest BCUT2D eigenvalue weighted by molar-refractivity contribution is 6.91. The molecule has 0 amide bonds. The maximum absolute atomic E-state index is 6.71. The van der Waals surface area contributed by atoms with Crippen LogP contribution in [0.3, 0.4) is 0 Å². The van der Waals surface area contributed by atoms with Gasteiger partial charge in [0, 0.05) is 12.2 Å². The van der Waals surface area contributed by atoms with Gasteiger partial charge in [0.2, 0.25) is 11.2 Å². The van der Waals surface area contributed by atoms with E-state index in [-0.39, 0.29) is 0 Å². The van der Waals surface area contributed by atoms with E-state index in [1.807, 2.05) is 26.0 Å². The maximum atomic E-state index is 6.71. The first kappa shape index (κ1) is 33.5. The minimum absolute atomic E-state index is 0.485. The second kappa shape index (κ2) is 12.1. The standard InChI is InChI=1S/C33H54O2Si2/c1-17-19-32(21-23-36(25(3)4,26(5)6)27(7)8)33(20-18-2,35-31(15,16)34-32)22-24-37(28(9)10,29(11)12)30(13)14/h19-20,25-30H,1-2H2,3-16H3/t32-,33-/m0/s1. The molecule has 1 heterocycles. The molecule has 4 heteroatoms. The topological polar surface area (TPSA) is 18.5 Å². The number of rotatable bonds is 8. The molecule has 1 aliphatic heterocycles. The van der Waals surface area contributed by atoms with Crippen molar-refractivity contribution in [2.75, 3.05) is 0 Å². The fourth-order valence-corrected chi connectivity index (χ4v) is 17.6. The quantitative estimate of drug-likeness (QED) is 0.174. The molecular weight excluding hydrogens is 485 g/mol. The predicted octanol–water partition coefficient (Wildman–Crippen LogP) is 9.37. The van der Waals surface area contributed by atoms with Crippen molar-refractivity contribution in [3.05, 3.63) is 36.8 Å². The van der Waals surface area contributed by atoms with Gasteiger partial charge in [-0.05, 0) is 47.1 Å². The number of hydrogen-bond donors (Lipinski definition) is 0. The van der Waals surface area contributed by atoms with Crippen LogP contribution in [0, 0.1) is 22.9 Å². The molecule has 0 aliphatic carbocycles. The van der Waals surface area contributed by atoms with Gasteiger partial charge in [0.05, 0.1) is 0 Å². The predicted molar refractivity (Wildman–Crippen MR) is 167 cm³/mol. The van der Waals surface area contributed by atoms with Crippen LogP contribution in [0.5, 0.6) is 0 Å². The van der Waals surface area contributed by atoms with Crippen molar-refractivity contribution in [3.8, 4) is 22.9 Å². The third-order valence-corrected chi connectivity index (χ3v) is 21.2. The molecule has 1 fully saturated rings. The second-order valence-corrected chi connectivity index (χ2v) is 24.2. The zero-order valence-corrected chi connectivity index (χ0v) is 28.3. The maximum Gasteiger partial charge on any atom is 0.201 e. The number of ether oxygens (including phenoxy) is 2. The monoisotopic (exact) mass is 538 g/mol. The smallest absolute Gasteiger partial charge is 0.201 e. The Labute approximate surface area is 232 Å². The molecule has 2 nitrogen and oxygen atoms in total. The average Bonchev–Trinajstić information content (AvgIpc) is 2.94. The summed E-state index contributed by atoms with van der Waals surface area (Å²) >= 11 is 0. The molecule has 0 aromatic rings. The largest absolute Gasteiger partial charge is 0.323 e. The molecule has 1 rings (SSSR count). The first-order chi connectivity index (χ1) is 16.9. The zero-order chi connectivity index (χ0) is 29.0. The summed E-state index contributed by atoms with van der Waals surface area (Å²) in [4.78, 5) is 0. The van der Waals surface area contributed by atoms with Gasteiger partial charge in [-0.2, -0.15) is 0 Å². The Hall–Kier alpha value is -1.49. The summed E-state index contributed by atoms with van der Waals surface area (Å²) < 4.78 is 13.4. The van der Waals surface area contributed by atoms with Crippen molar-refractivity contribution < 1.29 is 9.47 Å². The van der Waals surface area contributed by atoms with Crippen molar-refractivity contribution in [2.45, 2.75) is 147 Å². The lowest BCUT2D eigenvalue weighted by Gasteiger charge is -2.39. The van der Waals surface area contributed by atoms with Crippen LogP contribution < -0.4 is 0 Å². The van der Waals surface area contributed by atoms with Crippen molar-refractivity contribution >= 4 is 16.1 Å². The van der Waals surface area contributed by atoms with Crippen LogP contribution in [0.15, 0.2) is 36.8 Å². The van der Waals surface area contributed by atoms with Crippen LogP contribution in [-0.2, 0) is 9.47 Å². The fraction of sp³-hybridized carbons (Fsp3) is 0.697. The van der Waals surface area contributed by atoms with Gasteiger partial charge in [-0.3, -0.25) is 0 Å². The Morgan fingerprint density at radius 1 is 0.541 bits per heavy atom. The lowest BCUT2D eigenvalue weighted by Crippen LogP contribution is -2.50. The lowest BCUT2D eigenvalue weighted by atomic mass is 9.83. The minimum atomic E-state index is -2.07. The van der Waals surface area contributed by atoms with Gasteiger partial charge in [0.25, 0.3) is 0 Å². The van der Waals surface area contributed by atoms with E-state index in [9.17, 15) is 0 Å². The van der Waals surface area contributed by atoms with Crippen LogP contribution in [0.4, 0.5) is 0 Å². The van der Waals surface area contributed by atoms with Gasteiger partial charge in [0.1, 0.15) is 16.1 Å². The average molecular weight is 539 g/mol.